The van der Waals surface area contributed by atoms with Gasteiger partial charge in [0.05, 0.1) is 0 Å². The van der Waals surface area contributed by atoms with Crippen molar-refractivity contribution in [3.63, 3.8) is 0 Å². The lowest BCUT2D eigenvalue weighted by molar-refractivity contribution is 0.112. The molecule has 0 N–H and O–H groups in total. The number of aldehydes is 1. The van der Waals surface area contributed by atoms with Crippen LogP contribution in [0.15, 0.2) is 12.1 Å². The number of hydrogen-bond acceptors (Lipinski definition) is 2. The molecule has 1 heterocycles. The molecule has 0 radical (unpaired) electrons. The summed E-state index contributed by atoms with van der Waals surface area (Å²) in [6.07, 6.45) is 4.50. The molecule has 2 heteroatoms. The van der Waals surface area contributed by atoms with Crippen LogP contribution in [0, 0.1) is 6.92 Å². The summed E-state index contributed by atoms with van der Waals surface area (Å²) in [5.74, 6) is 0. The van der Waals surface area contributed by atoms with Crippen molar-refractivity contribution in [1.82, 2.24) is 0 Å². The molecule has 1 aliphatic rings. The quantitative estimate of drug-likeness (QED) is 0.725. The van der Waals surface area contributed by atoms with Crippen LogP contribution in [0.2, 0.25) is 0 Å². The molecule has 0 saturated heterocycles. The third-order valence-electron chi connectivity index (χ3n) is 3.37. The van der Waals surface area contributed by atoms with Crippen molar-refractivity contribution < 1.29 is 4.79 Å². The van der Waals surface area contributed by atoms with E-state index in [0.717, 1.165) is 43.3 Å². The second kappa shape index (κ2) is 4.69. The number of aryl methyl sites for hydroxylation is 1. The number of carbonyl (C=O) groups is 1. The van der Waals surface area contributed by atoms with Crippen LogP contribution in [0.25, 0.3) is 0 Å². The molecule has 86 valence electrons. The van der Waals surface area contributed by atoms with Gasteiger partial charge in [0.25, 0.3) is 0 Å². The lowest BCUT2D eigenvalue weighted by atomic mass is 9.95. The van der Waals surface area contributed by atoms with E-state index < -0.39 is 0 Å². The number of benzene rings is 1. The largest absolute Gasteiger partial charge is 0.371 e. The summed E-state index contributed by atoms with van der Waals surface area (Å²) in [6.45, 7) is 6.49. The Morgan fingerprint density at radius 3 is 2.94 bits per heavy atom. The first kappa shape index (κ1) is 11.2. The summed E-state index contributed by atoms with van der Waals surface area (Å²) in [6, 6.07) is 4.07. The monoisotopic (exact) mass is 217 g/mol. The Bertz CT molecular complexity index is 398. The van der Waals surface area contributed by atoms with Crippen molar-refractivity contribution in [3.8, 4) is 0 Å². The first-order chi connectivity index (χ1) is 7.77. The molecule has 0 bridgehead atoms. The summed E-state index contributed by atoms with van der Waals surface area (Å²) < 4.78 is 0. The third-order valence-corrected chi connectivity index (χ3v) is 3.37. The van der Waals surface area contributed by atoms with Gasteiger partial charge in [-0.15, -0.1) is 0 Å². The number of nitrogens with zero attached hydrogens (tertiary/aromatic N) is 1. The molecule has 1 aliphatic heterocycles. The highest BCUT2D eigenvalue weighted by Gasteiger charge is 2.19. The molecule has 0 fully saturated rings. The fraction of sp³-hybridized carbons (Fsp3) is 0.500. The van der Waals surface area contributed by atoms with Gasteiger partial charge >= 0.3 is 0 Å². The SMILES string of the molecule is CCCN1CCCc2ccc(C=O)c(C)c21. The van der Waals surface area contributed by atoms with Crippen LogP contribution >= 0.6 is 0 Å². The van der Waals surface area contributed by atoms with Crippen LogP contribution in [-0.4, -0.2) is 19.4 Å². The van der Waals surface area contributed by atoms with Gasteiger partial charge in [0.1, 0.15) is 6.29 Å². The number of rotatable bonds is 3. The fourth-order valence-electron chi connectivity index (χ4n) is 2.61. The van der Waals surface area contributed by atoms with E-state index in [0.29, 0.717) is 0 Å². The zero-order valence-corrected chi connectivity index (χ0v) is 10.1. The average molecular weight is 217 g/mol. The lowest BCUT2D eigenvalue weighted by Gasteiger charge is -2.33. The number of fused-ring (bicyclic) bond motifs is 1. The van der Waals surface area contributed by atoms with Crippen LogP contribution in [0.5, 0.6) is 0 Å². The Morgan fingerprint density at radius 2 is 2.25 bits per heavy atom. The second-order valence-electron chi connectivity index (χ2n) is 4.50. The summed E-state index contributed by atoms with van der Waals surface area (Å²) in [5, 5.41) is 0. The summed E-state index contributed by atoms with van der Waals surface area (Å²) in [7, 11) is 0. The molecule has 1 aromatic carbocycles. The number of anilines is 1. The van der Waals surface area contributed by atoms with Gasteiger partial charge in [0, 0.05) is 24.3 Å². The Morgan fingerprint density at radius 1 is 1.44 bits per heavy atom. The molecule has 16 heavy (non-hydrogen) atoms. The van der Waals surface area contributed by atoms with Crippen molar-refractivity contribution in [1.29, 1.82) is 0 Å². The molecule has 0 amide bonds. The highest BCUT2D eigenvalue weighted by atomic mass is 16.1. The van der Waals surface area contributed by atoms with E-state index in [1.54, 1.807) is 0 Å². The zero-order valence-electron chi connectivity index (χ0n) is 10.1. The summed E-state index contributed by atoms with van der Waals surface area (Å²) >= 11 is 0. The van der Waals surface area contributed by atoms with Gasteiger partial charge < -0.3 is 4.90 Å². The van der Waals surface area contributed by atoms with Crippen LogP contribution in [0.1, 0.15) is 41.3 Å². The zero-order chi connectivity index (χ0) is 11.5. The Hall–Kier alpha value is -1.31. The Kier molecular flexibility index (Phi) is 3.28. The van der Waals surface area contributed by atoms with E-state index in [1.807, 2.05) is 6.07 Å². The van der Waals surface area contributed by atoms with Crippen molar-refractivity contribution in [2.24, 2.45) is 0 Å². The van der Waals surface area contributed by atoms with E-state index in [4.69, 9.17) is 0 Å². The minimum absolute atomic E-state index is 0.835. The fourth-order valence-corrected chi connectivity index (χ4v) is 2.61. The molecular weight excluding hydrogens is 198 g/mol. The topological polar surface area (TPSA) is 20.3 Å². The van der Waals surface area contributed by atoms with Crippen LogP contribution < -0.4 is 4.90 Å². The van der Waals surface area contributed by atoms with E-state index in [9.17, 15) is 4.79 Å². The molecular formula is C14H19NO. The molecule has 2 rings (SSSR count). The standard InChI is InChI=1S/C14H19NO/c1-3-8-15-9-4-5-12-6-7-13(10-16)11(2)14(12)15/h6-7,10H,3-5,8-9H2,1-2H3. The van der Waals surface area contributed by atoms with Gasteiger partial charge in [-0.1, -0.05) is 19.1 Å². The Labute approximate surface area is 97.3 Å². The maximum absolute atomic E-state index is 11.0. The summed E-state index contributed by atoms with van der Waals surface area (Å²) in [5.41, 5.74) is 4.71. The predicted octanol–water partition coefficient (Wildman–Crippen LogP) is 2.97. The highest BCUT2D eigenvalue weighted by molar-refractivity contribution is 5.82. The summed E-state index contributed by atoms with van der Waals surface area (Å²) in [4.78, 5) is 13.4. The normalized spacial score (nSPS) is 14.8. The molecule has 0 aliphatic carbocycles. The molecule has 0 atom stereocenters. The Balaban J connectivity index is 2.47. The minimum atomic E-state index is 0.835. The first-order valence-electron chi connectivity index (χ1n) is 6.10. The van der Waals surface area contributed by atoms with Gasteiger partial charge in [-0.25, -0.2) is 0 Å². The van der Waals surface area contributed by atoms with Gasteiger partial charge in [0.2, 0.25) is 0 Å². The third kappa shape index (κ3) is 1.84. The molecule has 0 spiro atoms. The van der Waals surface area contributed by atoms with Crippen molar-refractivity contribution >= 4 is 12.0 Å². The molecule has 0 aromatic heterocycles. The van der Waals surface area contributed by atoms with Gasteiger partial charge in [0.15, 0.2) is 0 Å². The first-order valence-corrected chi connectivity index (χ1v) is 6.10. The molecule has 0 saturated carbocycles. The van der Waals surface area contributed by atoms with Gasteiger partial charge in [-0.3, -0.25) is 4.79 Å². The second-order valence-corrected chi connectivity index (χ2v) is 4.50. The van der Waals surface area contributed by atoms with E-state index in [1.165, 1.54) is 17.7 Å². The van der Waals surface area contributed by atoms with Crippen molar-refractivity contribution in [2.45, 2.75) is 33.1 Å². The highest BCUT2D eigenvalue weighted by Crippen LogP contribution is 2.32. The predicted molar refractivity (Wildman–Crippen MR) is 67.4 cm³/mol. The van der Waals surface area contributed by atoms with Crippen LogP contribution in [0.3, 0.4) is 0 Å². The van der Waals surface area contributed by atoms with E-state index >= 15 is 0 Å². The average Bonchev–Trinajstić information content (AvgIpc) is 2.30. The molecule has 1 aromatic rings. The van der Waals surface area contributed by atoms with Crippen molar-refractivity contribution in [3.05, 3.63) is 28.8 Å². The number of hydrogen-bond donors (Lipinski definition) is 0. The molecule has 2 nitrogen and oxygen atoms in total. The minimum Gasteiger partial charge on any atom is -0.371 e. The number of carbonyl (C=O) groups excluding carboxylic acids is 1. The maximum Gasteiger partial charge on any atom is 0.150 e. The van der Waals surface area contributed by atoms with E-state index in [2.05, 4.69) is 24.8 Å². The van der Waals surface area contributed by atoms with Gasteiger partial charge in [-0.05, 0) is 37.3 Å². The van der Waals surface area contributed by atoms with E-state index in [-0.39, 0.29) is 0 Å². The van der Waals surface area contributed by atoms with Gasteiger partial charge in [-0.2, -0.15) is 0 Å². The smallest absolute Gasteiger partial charge is 0.150 e. The maximum atomic E-state index is 11.0. The van der Waals surface area contributed by atoms with Crippen molar-refractivity contribution in [2.75, 3.05) is 18.0 Å². The molecule has 0 unspecified atom stereocenters. The van der Waals surface area contributed by atoms with Crippen LogP contribution in [-0.2, 0) is 6.42 Å². The lowest BCUT2D eigenvalue weighted by Crippen LogP contribution is -2.31. The van der Waals surface area contributed by atoms with Crippen LogP contribution in [0.4, 0.5) is 5.69 Å².